The predicted molar refractivity (Wildman–Crippen MR) is 94.6 cm³/mol. The van der Waals surface area contributed by atoms with E-state index < -0.39 is 0 Å². The molecule has 0 radical (unpaired) electrons. The molecule has 0 aliphatic heterocycles. The van der Waals surface area contributed by atoms with Crippen LogP contribution in [0.3, 0.4) is 0 Å². The smallest absolute Gasteiger partial charge is 0.195 e. The third-order valence-electron chi connectivity index (χ3n) is 4.04. The third-order valence-corrected chi connectivity index (χ3v) is 4.04. The second-order valence-electron chi connectivity index (χ2n) is 5.60. The number of para-hydroxylation sites is 1. The van der Waals surface area contributed by atoms with Gasteiger partial charge in [0, 0.05) is 30.2 Å². The van der Waals surface area contributed by atoms with Crippen molar-refractivity contribution in [2.75, 3.05) is 0 Å². The Morgan fingerprint density at radius 3 is 2.64 bits per heavy atom. The predicted octanol–water partition coefficient (Wildman–Crippen LogP) is 2.66. The van der Waals surface area contributed by atoms with Crippen molar-refractivity contribution in [2.45, 2.75) is 6.54 Å². The number of aromatic amines is 1. The maximum atomic E-state index is 5.66. The Balaban J connectivity index is 1.68. The quantitative estimate of drug-likeness (QED) is 0.384. The number of nitrogens with zero attached hydrogens (tertiary/aromatic N) is 2. The zero-order valence-electron chi connectivity index (χ0n) is 13.3. The van der Waals surface area contributed by atoms with Gasteiger partial charge in [0.25, 0.3) is 0 Å². The van der Waals surface area contributed by atoms with Crippen LogP contribution in [0, 0.1) is 0 Å². The highest BCUT2D eigenvalue weighted by Crippen LogP contribution is 2.27. The summed E-state index contributed by atoms with van der Waals surface area (Å²) < 4.78 is 2.04. The number of rotatable bonds is 5. The van der Waals surface area contributed by atoms with Crippen molar-refractivity contribution in [3.05, 3.63) is 66.5 Å². The lowest BCUT2D eigenvalue weighted by Gasteiger charge is -2.04. The lowest BCUT2D eigenvalue weighted by molar-refractivity contribution is -0.210. The van der Waals surface area contributed by atoms with Crippen LogP contribution >= 0.6 is 0 Å². The van der Waals surface area contributed by atoms with Crippen molar-refractivity contribution < 1.29 is 9.88 Å². The van der Waals surface area contributed by atoms with Crippen molar-refractivity contribution >= 4 is 11.0 Å². The van der Waals surface area contributed by atoms with Gasteiger partial charge in [0.05, 0.1) is 5.52 Å². The molecule has 0 unspecified atom stereocenters. The first-order valence-corrected chi connectivity index (χ1v) is 7.78. The molecule has 5 N–H and O–H groups in total. The van der Waals surface area contributed by atoms with Gasteiger partial charge in [-0.25, -0.2) is 4.98 Å². The molecule has 0 saturated heterocycles. The molecule has 0 aliphatic carbocycles. The van der Waals surface area contributed by atoms with E-state index in [2.05, 4.69) is 15.0 Å². The standard InChI is InChI=1S/C18H17N5O2/c19-10-12-8-9-23(11-12)14-6-4-13(5-7-14)18-21-15-2-1-3-16(24-25-20)17(15)22-18/h1-9,11H,10,19-20H2,(H,21,22). The number of nitrogens with two attached hydrogens (primary N) is 2. The van der Waals surface area contributed by atoms with E-state index in [1.165, 1.54) is 0 Å². The largest absolute Gasteiger partial charge is 0.338 e. The van der Waals surface area contributed by atoms with E-state index in [1.54, 1.807) is 6.07 Å². The molecular formula is C18H17N5O2. The summed E-state index contributed by atoms with van der Waals surface area (Å²) in [4.78, 5) is 17.1. The molecule has 0 saturated carbocycles. The molecule has 2 heterocycles. The first-order chi connectivity index (χ1) is 12.3. The van der Waals surface area contributed by atoms with Gasteiger partial charge in [-0.2, -0.15) is 5.90 Å². The van der Waals surface area contributed by atoms with Crippen molar-refractivity contribution in [3.63, 3.8) is 0 Å². The number of benzene rings is 2. The minimum absolute atomic E-state index is 0.459. The highest BCUT2D eigenvalue weighted by atomic mass is 17.3. The molecule has 4 rings (SSSR count). The summed E-state index contributed by atoms with van der Waals surface area (Å²) >= 11 is 0. The summed E-state index contributed by atoms with van der Waals surface area (Å²) in [6.45, 7) is 0.529. The van der Waals surface area contributed by atoms with Crippen LogP contribution in [0.2, 0.25) is 0 Å². The monoisotopic (exact) mass is 335 g/mol. The first-order valence-electron chi connectivity index (χ1n) is 7.78. The summed E-state index contributed by atoms with van der Waals surface area (Å²) in [5, 5.41) is 0. The van der Waals surface area contributed by atoms with Crippen LogP contribution in [0.1, 0.15) is 5.56 Å². The van der Waals surface area contributed by atoms with E-state index in [0.29, 0.717) is 17.8 Å². The molecule has 2 aromatic heterocycles. The van der Waals surface area contributed by atoms with E-state index in [0.717, 1.165) is 28.2 Å². The average Bonchev–Trinajstić information content (AvgIpc) is 3.29. The maximum Gasteiger partial charge on any atom is 0.195 e. The van der Waals surface area contributed by atoms with Gasteiger partial charge in [0.15, 0.2) is 5.75 Å². The normalized spacial score (nSPS) is 11.1. The summed E-state index contributed by atoms with van der Waals surface area (Å²) in [7, 11) is 0. The number of nitrogens with one attached hydrogen (secondary N) is 1. The van der Waals surface area contributed by atoms with Gasteiger partial charge in [-0.15, -0.1) is 0 Å². The van der Waals surface area contributed by atoms with Crippen LogP contribution in [0.15, 0.2) is 60.9 Å². The first kappa shape index (κ1) is 15.4. The number of H-pyrrole nitrogens is 1. The minimum Gasteiger partial charge on any atom is -0.338 e. The van der Waals surface area contributed by atoms with Gasteiger partial charge in [-0.1, -0.05) is 11.1 Å². The van der Waals surface area contributed by atoms with Crippen LogP contribution in [0.4, 0.5) is 0 Å². The number of hydrogen-bond donors (Lipinski definition) is 3. The van der Waals surface area contributed by atoms with Gasteiger partial charge in [0.2, 0.25) is 0 Å². The molecular weight excluding hydrogens is 318 g/mol. The van der Waals surface area contributed by atoms with Crippen LogP contribution in [0.5, 0.6) is 5.75 Å². The van der Waals surface area contributed by atoms with E-state index in [-0.39, 0.29) is 0 Å². The molecule has 0 amide bonds. The number of imidazole rings is 1. The molecule has 25 heavy (non-hydrogen) atoms. The average molecular weight is 335 g/mol. The topological polar surface area (TPSA) is 104 Å². The number of hydrogen-bond acceptors (Lipinski definition) is 5. The Morgan fingerprint density at radius 2 is 1.92 bits per heavy atom. The zero-order valence-corrected chi connectivity index (χ0v) is 13.3. The van der Waals surface area contributed by atoms with Crippen LogP contribution in [0.25, 0.3) is 28.1 Å². The molecule has 126 valence electrons. The Morgan fingerprint density at radius 1 is 1.08 bits per heavy atom. The third kappa shape index (κ3) is 2.87. The lowest BCUT2D eigenvalue weighted by atomic mass is 10.2. The van der Waals surface area contributed by atoms with E-state index >= 15 is 0 Å². The summed E-state index contributed by atoms with van der Waals surface area (Å²) in [5.41, 5.74) is 10.3. The molecule has 4 aromatic rings. The summed E-state index contributed by atoms with van der Waals surface area (Å²) in [6.07, 6.45) is 4.02. The van der Waals surface area contributed by atoms with Crippen molar-refractivity contribution in [2.24, 2.45) is 11.6 Å². The highest BCUT2D eigenvalue weighted by Gasteiger charge is 2.10. The summed E-state index contributed by atoms with van der Waals surface area (Å²) in [6, 6.07) is 15.6. The maximum absolute atomic E-state index is 5.66. The van der Waals surface area contributed by atoms with Crippen LogP contribution < -0.4 is 16.5 Å². The second kappa shape index (κ2) is 6.40. The molecule has 0 spiro atoms. The molecule has 0 bridgehead atoms. The van der Waals surface area contributed by atoms with E-state index in [9.17, 15) is 0 Å². The Hall–Kier alpha value is -3.13. The zero-order chi connectivity index (χ0) is 17.2. The SMILES string of the molecule is NCc1ccn(-c2ccc(-c3nc4c(OON)cccc4[nH]3)cc2)c1. The number of aromatic nitrogens is 3. The Labute approximate surface area is 143 Å². The van der Waals surface area contributed by atoms with Crippen molar-refractivity contribution in [3.8, 4) is 22.8 Å². The van der Waals surface area contributed by atoms with Gasteiger partial charge in [0.1, 0.15) is 11.3 Å². The molecule has 7 heteroatoms. The highest BCUT2D eigenvalue weighted by molar-refractivity contribution is 5.84. The molecule has 7 nitrogen and oxygen atoms in total. The molecule has 0 fully saturated rings. The molecule has 0 aliphatic rings. The fourth-order valence-corrected chi connectivity index (χ4v) is 2.78. The van der Waals surface area contributed by atoms with Crippen LogP contribution in [-0.4, -0.2) is 14.5 Å². The molecule has 2 aromatic carbocycles. The van der Waals surface area contributed by atoms with Crippen molar-refractivity contribution in [1.29, 1.82) is 0 Å². The van der Waals surface area contributed by atoms with E-state index in [1.807, 2.05) is 59.4 Å². The fourth-order valence-electron chi connectivity index (χ4n) is 2.78. The van der Waals surface area contributed by atoms with Crippen molar-refractivity contribution in [1.82, 2.24) is 14.5 Å². The van der Waals surface area contributed by atoms with Gasteiger partial charge in [-0.05, 0) is 48.0 Å². The number of fused-ring (bicyclic) bond motifs is 1. The van der Waals surface area contributed by atoms with E-state index in [4.69, 9.17) is 16.5 Å². The Kier molecular flexibility index (Phi) is 3.95. The second-order valence-corrected chi connectivity index (χ2v) is 5.60. The van der Waals surface area contributed by atoms with Gasteiger partial charge in [-0.3, -0.25) is 0 Å². The minimum atomic E-state index is 0.459. The summed E-state index contributed by atoms with van der Waals surface area (Å²) in [5.74, 6) is 6.18. The van der Waals surface area contributed by atoms with Gasteiger partial charge >= 0.3 is 0 Å². The van der Waals surface area contributed by atoms with Gasteiger partial charge < -0.3 is 20.2 Å². The lowest BCUT2D eigenvalue weighted by Crippen LogP contribution is -2.03. The fraction of sp³-hybridized carbons (Fsp3) is 0.0556. The molecule has 0 atom stereocenters. The van der Waals surface area contributed by atoms with Crippen LogP contribution in [-0.2, 0) is 11.5 Å². The Bertz CT molecular complexity index is 1000.